The Bertz CT molecular complexity index is 496. The van der Waals surface area contributed by atoms with Crippen LogP contribution in [0.15, 0.2) is 54.1 Å². The summed E-state index contributed by atoms with van der Waals surface area (Å²) in [5, 5.41) is 5.28. The molecule has 2 atom stereocenters. The highest BCUT2D eigenvalue weighted by atomic mass is 32.2. The first-order valence-corrected chi connectivity index (χ1v) is 7.49. The van der Waals surface area contributed by atoms with Gasteiger partial charge in [0.05, 0.1) is 5.25 Å². The van der Waals surface area contributed by atoms with Crippen molar-refractivity contribution in [1.29, 1.82) is 0 Å². The Morgan fingerprint density at radius 1 is 1.35 bits per heavy atom. The van der Waals surface area contributed by atoms with E-state index < -0.39 is 17.1 Å². The molecule has 0 radical (unpaired) electrons. The maximum Gasteiger partial charge on any atom is 0.317 e. The minimum atomic E-state index is -3.14. The van der Waals surface area contributed by atoms with E-state index in [1.807, 2.05) is 55.5 Å². The second-order valence-electron chi connectivity index (χ2n) is 4.94. The van der Waals surface area contributed by atoms with Gasteiger partial charge in [-0.3, -0.25) is 0 Å². The van der Waals surface area contributed by atoms with E-state index in [-0.39, 0.29) is 5.92 Å². The van der Waals surface area contributed by atoms with Gasteiger partial charge in [-0.05, 0) is 23.5 Å². The fourth-order valence-corrected chi connectivity index (χ4v) is 3.43. The SMILES string of the molecule is CC1CC=CC=C1C(SC(F)(F)CO)c1ccccc1. The first kappa shape index (κ1) is 15.3. The Morgan fingerprint density at radius 3 is 2.65 bits per heavy atom. The van der Waals surface area contributed by atoms with Crippen LogP contribution in [0.5, 0.6) is 0 Å². The lowest BCUT2D eigenvalue weighted by atomic mass is 9.88. The minimum absolute atomic E-state index is 0.229. The lowest BCUT2D eigenvalue weighted by Gasteiger charge is -2.29. The summed E-state index contributed by atoms with van der Waals surface area (Å²) in [5.41, 5.74) is 1.83. The topological polar surface area (TPSA) is 20.2 Å². The summed E-state index contributed by atoms with van der Waals surface area (Å²) in [5.74, 6) is 0.229. The number of thioether (sulfide) groups is 1. The average Bonchev–Trinajstić information content (AvgIpc) is 2.47. The van der Waals surface area contributed by atoms with Crippen LogP contribution in [0.3, 0.4) is 0 Å². The Hall–Kier alpha value is -1.13. The van der Waals surface area contributed by atoms with Gasteiger partial charge in [-0.2, -0.15) is 8.78 Å². The van der Waals surface area contributed by atoms with E-state index in [0.717, 1.165) is 17.6 Å². The summed E-state index contributed by atoms with van der Waals surface area (Å²) in [4.78, 5) is 0. The van der Waals surface area contributed by atoms with Crippen molar-refractivity contribution in [3.05, 3.63) is 59.7 Å². The van der Waals surface area contributed by atoms with Crippen LogP contribution in [0, 0.1) is 5.92 Å². The molecule has 1 aliphatic carbocycles. The van der Waals surface area contributed by atoms with Crippen LogP contribution in [0.2, 0.25) is 0 Å². The van der Waals surface area contributed by atoms with E-state index in [1.165, 1.54) is 0 Å². The zero-order valence-electron chi connectivity index (χ0n) is 11.3. The predicted octanol–water partition coefficient (Wildman–Crippen LogP) is 4.57. The van der Waals surface area contributed by atoms with Gasteiger partial charge < -0.3 is 5.11 Å². The lowest BCUT2D eigenvalue weighted by Crippen LogP contribution is -2.20. The third kappa shape index (κ3) is 3.70. The highest BCUT2D eigenvalue weighted by Gasteiger charge is 2.36. The number of aliphatic hydroxyl groups excluding tert-OH is 1. The van der Waals surface area contributed by atoms with Gasteiger partial charge in [-0.15, -0.1) is 0 Å². The molecule has 1 aromatic carbocycles. The summed E-state index contributed by atoms with van der Waals surface area (Å²) in [6.45, 7) is 0.904. The largest absolute Gasteiger partial charge is 0.389 e. The van der Waals surface area contributed by atoms with E-state index in [4.69, 9.17) is 5.11 Å². The number of aliphatic hydroxyl groups is 1. The molecule has 0 saturated heterocycles. The first-order valence-electron chi connectivity index (χ1n) is 6.61. The van der Waals surface area contributed by atoms with Crippen molar-refractivity contribution in [2.45, 2.75) is 23.8 Å². The van der Waals surface area contributed by atoms with Crippen LogP contribution in [-0.2, 0) is 0 Å². The summed E-state index contributed by atoms with van der Waals surface area (Å²) >= 11 is 0.525. The molecule has 1 nitrogen and oxygen atoms in total. The number of hydrogen-bond acceptors (Lipinski definition) is 2. The van der Waals surface area contributed by atoms with Crippen molar-refractivity contribution in [2.75, 3.05) is 6.61 Å². The van der Waals surface area contributed by atoms with Crippen molar-refractivity contribution >= 4 is 11.8 Å². The Balaban J connectivity index is 2.34. The molecular formula is C16H18F2OS. The van der Waals surface area contributed by atoms with Crippen LogP contribution in [0.25, 0.3) is 0 Å². The van der Waals surface area contributed by atoms with Crippen LogP contribution in [-0.4, -0.2) is 17.0 Å². The van der Waals surface area contributed by atoms with Gasteiger partial charge in [0.2, 0.25) is 0 Å². The molecule has 0 aromatic heterocycles. The zero-order valence-corrected chi connectivity index (χ0v) is 12.1. The maximum atomic E-state index is 13.6. The van der Waals surface area contributed by atoms with Crippen LogP contribution in [0.4, 0.5) is 8.78 Å². The highest BCUT2D eigenvalue weighted by molar-refractivity contribution is 8.00. The molecule has 1 aliphatic rings. The second kappa shape index (κ2) is 6.55. The number of rotatable bonds is 5. The molecule has 0 heterocycles. The van der Waals surface area contributed by atoms with Crippen LogP contribution in [0.1, 0.15) is 24.2 Å². The third-order valence-electron chi connectivity index (χ3n) is 3.36. The van der Waals surface area contributed by atoms with Crippen LogP contribution >= 0.6 is 11.8 Å². The Labute approximate surface area is 122 Å². The van der Waals surface area contributed by atoms with E-state index in [9.17, 15) is 8.78 Å². The molecule has 0 saturated carbocycles. The van der Waals surface area contributed by atoms with Crippen molar-refractivity contribution < 1.29 is 13.9 Å². The van der Waals surface area contributed by atoms with Gasteiger partial charge in [0.15, 0.2) is 0 Å². The van der Waals surface area contributed by atoms with Gasteiger partial charge >= 0.3 is 5.25 Å². The maximum absolute atomic E-state index is 13.6. The zero-order chi connectivity index (χ0) is 14.6. The molecular weight excluding hydrogens is 278 g/mol. The van der Waals surface area contributed by atoms with E-state index >= 15 is 0 Å². The number of allylic oxidation sites excluding steroid dienone is 3. The summed E-state index contributed by atoms with van der Waals surface area (Å²) < 4.78 is 27.3. The number of hydrogen-bond donors (Lipinski definition) is 1. The first-order chi connectivity index (χ1) is 9.53. The number of alkyl halides is 2. The molecule has 0 bridgehead atoms. The quantitative estimate of drug-likeness (QED) is 0.859. The van der Waals surface area contributed by atoms with Gasteiger partial charge in [0.1, 0.15) is 6.61 Å². The fourth-order valence-electron chi connectivity index (χ4n) is 2.27. The van der Waals surface area contributed by atoms with Crippen molar-refractivity contribution in [1.82, 2.24) is 0 Å². The molecule has 1 aromatic rings. The normalized spacial score (nSPS) is 20.6. The Morgan fingerprint density at radius 2 is 2.05 bits per heavy atom. The highest BCUT2D eigenvalue weighted by Crippen LogP contribution is 2.48. The monoisotopic (exact) mass is 296 g/mol. The summed E-state index contributed by atoms with van der Waals surface area (Å²) in [6.07, 6.45) is 6.75. The Kier molecular flexibility index (Phi) is 5.00. The summed E-state index contributed by atoms with van der Waals surface area (Å²) in [7, 11) is 0. The molecule has 0 spiro atoms. The standard InChI is InChI=1S/C16H18F2OS/c1-12-7-5-6-10-14(12)15(20-16(17,18)11-19)13-8-3-2-4-9-13/h2-6,8-10,12,15,19H,7,11H2,1H3. The molecule has 2 unspecified atom stereocenters. The van der Waals surface area contributed by atoms with E-state index in [1.54, 1.807) is 0 Å². The molecule has 2 rings (SSSR count). The van der Waals surface area contributed by atoms with Gasteiger partial charge in [-0.25, -0.2) is 0 Å². The third-order valence-corrected chi connectivity index (χ3v) is 4.62. The molecule has 0 aliphatic heterocycles. The number of benzene rings is 1. The van der Waals surface area contributed by atoms with Crippen molar-refractivity contribution in [3.63, 3.8) is 0 Å². The smallest absolute Gasteiger partial charge is 0.317 e. The molecule has 20 heavy (non-hydrogen) atoms. The van der Waals surface area contributed by atoms with Gasteiger partial charge in [-0.1, -0.05) is 67.2 Å². The molecule has 0 amide bonds. The molecule has 4 heteroatoms. The van der Waals surface area contributed by atoms with Crippen molar-refractivity contribution in [3.8, 4) is 0 Å². The van der Waals surface area contributed by atoms with Crippen LogP contribution < -0.4 is 0 Å². The predicted molar refractivity (Wildman–Crippen MR) is 79.8 cm³/mol. The average molecular weight is 296 g/mol. The van der Waals surface area contributed by atoms with E-state index in [0.29, 0.717) is 11.8 Å². The minimum Gasteiger partial charge on any atom is -0.389 e. The van der Waals surface area contributed by atoms with Gasteiger partial charge in [0, 0.05) is 0 Å². The lowest BCUT2D eigenvalue weighted by molar-refractivity contribution is 0.0358. The molecule has 108 valence electrons. The number of halogens is 2. The fraction of sp³-hybridized carbons (Fsp3) is 0.375. The molecule has 0 fully saturated rings. The second-order valence-corrected chi connectivity index (χ2v) is 6.24. The van der Waals surface area contributed by atoms with Gasteiger partial charge in [0.25, 0.3) is 0 Å². The summed E-state index contributed by atoms with van der Waals surface area (Å²) in [6, 6.07) is 9.29. The van der Waals surface area contributed by atoms with E-state index in [2.05, 4.69) is 0 Å². The molecule has 1 N–H and O–H groups in total. The van der Waals surface area contributed by atoms with Crippen molar-refractivity contribution in [2.24, 2.45) is 5.92 Å².